The largest absolute Gasteiger partial charge is 0.494 e. The molecule has 0 aliphatic heterocycles. The van der Waals surface area contributed by atoms with E-state index in [-0.39, 0.29) is 0 Å². The van der Waals surface area contributed by atoms with Gasteiger partial charge in [0.05, 0.1) is 12.0 Å². The Hall–Kier alpha value is -2.79. The van der Waals surface area contributed by atoms with Gasteiger partial charge in [-0.25, -0.2) is 9.97 Å². The maximum absolute atomic E-state index is 5.60. The van der Waals surface area contributed by atoms with Crippen LogP contribution >= 0.6 is 11.8 Å². The van der Waals surface area contributed by atoms with E-state index in [4.69, 9.17) is 4.74 Å². The number of ether oxygens (including phenoxy) is 1. The SMILES string of the molecule is CCOc1ccc(-n2cc(-c3ccccc3)c3c(S[C@@H](C)CC)ncnc32)cc1. The molecule has 0 aliphatic rings. The van der Waals surface area contributed by atoms with Gasteiger partial charge in [-0.1, -0.05) is 44.2 Å². The Labute approximate surface area is 176 Å². The van der Waals surface area contributed by atoms with Crippen LogP contribution < -0.4 is 4.74 Å². The molecule has 4 nitrogen and oxygen atoms in total. The first kappa shape index (κ1) is 19.5. The highest BCUT2D eigenvalue weighted by Crippen LogP contribution is 2.38. The molecule has 1 atom stereocenters. The van der Waals surface area contributed by atoms with Crippen molar-refractivity contribution in [3.05, 3.63) is 67.1 Å². The first-order valence-electron chi connectivity index (χ1n) is 10.0. The van der Waals surface area contributed by atoms with Gasteiger partial charge in [-0.05, 0) is 43.2 Å². The molecule has 0 saturated carbocycles. The zero-order valence-electron chi connectivity index (χ0n) is 17.0. The summed E-state index contributed by atoms with van der Waals surface area (Å²) in [5, 5.41) is 2.64. The van der Waals surface area contributed by atoms with Crippen molar-refractivity contribution in [2.45, 2.75) is 37.5 Å². The van der Waals surface area contributed by atoms with Gasteiger partial charge in [0.15, 0.2) is 0 Å². The minimum atomic E-state index is 0.491. The van der Waals surface area contributed by atoms with E-state index in [1.165, 1.54) is 5.56 Å². The van der Waals surface area contributed by atoms with E-state index in [0.717, 1.165) is 39.5 Å². The van der Waals surface area contributed by atoms with Gasteiger partial charge in [0.25, 0.3) is 0 Å². The third kappa shape index (κ3) is 4.01. The third-order valence-electron chi connectivity index (χ3n) is 4.95. The molecule has 0 saturated heterocycles. The van der Waals surface area contributed by atoms with Crippen molar-refractivity contribution in [2.75, 3.05) is 6.61 Å². The van der Waals surface area contributed by atoms with E-state index in [2.05, 4.69) is 71.0 Å². The molecule has 4 aromatic rings. The van der Waals surface area contributed by atoms with E-state index in [9.17, 15) is 0 Å². The van der Waals surface area contributed by atoms with Crippen molar-refractivity contribution in [3.8, 4) is 22.6 Å². The van der Waals surface area contributed by atoms with Crippen LogP contribution in [0.2, 0.25) is 0 Å². The third-order valence-corrected chi connectivity index (χ3v) is 6.22. The lowest BCUT2D eigenvalue weighted by Gasteiger charge is -2.10. The summed E-state index contributed by atoms with van der Waals surface area (Å²) >= 11 is 1.82. The number of hydrogen-bond acceptors (Lipinski definition) is 4. The first-order chi connectivity index (χ1) is 14.2. The Kier molecular flexibility index (Phi) is 5.86. The van der Waals surface area contributed by atoms with Gasteiger partial charge in [0, 0.05) is 22.7 Å². The Balaban J connectivity index is 1.91. The molecule has 5 heteroatoms. The fourth-order valence-electron chi connectivity index (χ4n) is 3.30. The molecule has 0 bridgehead atoms. The second-order valence-corrected chi connectivity index (χ2v) is 8.35. The lowest BCUT2D eigenvalue weighted by Crippen LogP contribution is -1.98. The molecule has 29 heavy (non-hydrogen) atoms. The molecule has 0 amide bonds. The Morgan fingerprint density at radius 2 is 1.76 bits per heavy atom. The lowest BCUT2D eigenvalue weighted by molar-refractivity contribution is 0.340. The monoisotopic (exact) mass is 403 g/mol. The van der Waals surface area contributed by atoms with Gasteiger partial charge >= 0.3 is 0 Å². The molecule has 0 fully saturated rings. The van der Waals surface area contributed by atoms with Crippen molar-refractivity contribution in [2.24, 2.45) is 0 Å². The Morgan fingerprint density at radius 1 is 1.00 bits per heavy atom. The number of hydrogen-bond donors (Lipinski definition) is 0. The summed E-state index contributed by atoms with van der Waals surface area (Å²) in [5.74, 6) is 0.874. The van der Waals surface area contributed by atoms with Crippen molar-refractivity contribution in [1.29, 1.82) is 0 Å². The summed E-state index contributed by atoms with van der Waals surface area (Å²) in [6.45, 7) is 7.10. The Morgan fingerprint density at radius 3 is 2.45 bits per heavy atom. The van der Waals surface area contributed by atoms with Gasteiger partial charge in [-0.3, -0.25) is 0 Å². The number of aromatic nitrogens is 3. The van der Waals surface area contributed by atoms with Crippen LogP contribution in [0.25, 0.3) is 27.8 Å². The van der Waals surface area contributed by atoms with Gasteiger partial charge in [-0.15, -0.1) is 11.8 Å². The number of fused-ring (bicyclic) bond motifs is 1. The minimum Gasteiger partial charge on any atom is -0.494 e. The van der Waals surface area contributed by atoms with Crippen molar-refractivity contribution >= 4 is 22.8 Å². The fourth-order valence-corrected chi connectivity index (χ4v) is 4.28. The molecule has 2 aromatic heterocycles. The summed E-state index contributed by atoms with van der Waals surface area (Å²) in [7, 11) is 0. The molecule has 2 aromatic carbocycles. The van der Waals surface area contributed by atoms with Crippen molar-refractivity contribution in [3.63, 3.8) is 0 Å². The average molecular weight is 404 g/mol. The van der Waals surface area contributed by atoms with Crippen LogP contribution in [0.1, 0.15) is 27.2 Å². The number of rotatable bonds is 7. The van der Waals surface area contributed by atoms with Crippen LogP contribution in [0.15, 0.2) is 72.1 Å². The predicted octanol–water partition coefficient (Wildman–Crippen LogP) is 6.38. The van der Waals surface area contributed by atoms with Crippen molar-refractivity contribution < 1.29 is 4.74 Å². The zero-order chi connectivity index (χ0) is 20.2. The average Bonchev–Trinajstić information content (AvgIpc) is 3.16. The van der Waals surface area contributed by atoms with Crippen LogP contribution in [0.5, 0.6) is 5.75 Å². The van der Waals surface area contributed by atoms with Gasteiger partial charge in [0.2, 0.25) is 0 Å². The highest BCUT2D eigenvalue weighted by molar-refractivity contribution is 8.00. The van der Waals surface area contributed by atoms with E-state index in [1.54, 1.807) is 6.33 Å². The smallest absolute Gasteiger partial charge is 0.149 e. The van der Waals surface area contributed by atoms with E-state index in [1.807, 2.05) is 36.9 Å². The second kappa shape index (κ2) is 8.70. The normalized spacial score (nSPS) is 12.2. The van der Waals surface area contributed by atoms with Gasteiger partial charge in [-0.2, -0.15) is 0 Å². The van der Waals surface area contributed by atoms with E-state index < -0.39 is 0 Å². The lowest BCUT2D eigenvalue weighted by atomic mass is 10.1. The summed E-state index contributed by atoms with van der Waals surface area (Å²) in [4.78, 5) is 9.31. The molecule has 148 valence electrons. The molecule has 0 radical (unpaired) electrons. The fraction of sp³-hybridized carbons (Fsp3) is 0.250. The highest BCUT2D eigenvalue weighted by atomic mass is 32.2. The molecule has 0 aliphatic carbocycles. The van der Waals surface area contributed by atoms with Crippen LogP contribution in [-0.4, -0.2) is 26.4 Å². The van der Waals surface area contributed by atoms with Crippen LogP contribution in [0, 0.1) is 0 Å². The van der Waals surface area contributed by atoms with Gasteiger partial charge in [0.1, 0.15) is 22.7 Å². The molecule has 0 unspecified atom stereocenters. The predicted molar refractivity (Wildman–Crippen MR) is 121 cm³/mol. The van der Waals surface area contributed by atoms with Crippen LogP contribution in [0.4, 0.5) is 0 Å². The number of thioether (sulfide) groups is 1. The van der Waals surface area contributed by atoms with E-state index >= 15 is 0 Å². The summed E-state index contributed by atoms with van der Waals surface area (Å²) in [6.07, 6.45) is 4.94. The maximum Gasteiger partial charge on any atom is 0.149 e. The first-order valence-corrected chi connectivity index (χ1v) is 10.9. The quantitative estimate of drug-likeness (QED) is 0.265. The molecule has 0 spiro atoms. The number of benzene rings is 2. The maximum atomic E-state index is 5.60. The van der Waals surface area contributed by atoms with Gasteiger partial charge < -0.3 is 9.30 Å². The molecule has 0 N–H and O–H groups in total. The minimum absolute atomic E-state index is 0.491. The van der Waals surface area contributed by atoms with Crippen molar-refractivity contribution in [1.82, 2.24) is 14.5 Å². The highest BCUT2D eigenvalue weighted by Gasteiger charge is 2.18. The standard InChI is InChI=1S/C24H25N3OS/c1-4-17(3)29-24-22-21(18-9-7-6-8-10-18)15-27(23(22)25-16-26-24)19-11-13-20(14-12-19)28-5-2/h6-17H,4-5H2,1-3H3/t17-/m0/s1. The molecular formula is C24H25N3OS. The van der Waals surface area contributed by atoms with Crippen LogP contribution in [-0.2, 0) is 0 Å². The topological polar surface area (TPSA) is 39.9 Å². The van der Waals surface area contributed by atoms with Crippen LogP contribution in [0.3, 0.4) is 0 Å². The second-order valence-electron chi connectivity index (χ2n) is 6.92. The molecule has 2 heterocycles. The molecule has 4 rings (SSSR count). The summed E-state index contributed by atoms with van der Waals surface area (Å²) in [5.41, 5.74) is 4.30. The molecular weight excluding hydrogens is 378 g/mol. The Bertz CT molecular complexity index is 1090. The van der Waals surface area contributed by atoms with E-state index in [0.29, 0.717) is 11.9 Å². The number of nitrogens with zero attached hydrogens (tertiary/aromatic N) is 3. The summed E-state index contributed by atoms with van der Waals surface area (Å²) in [6, 6.07) is 18.6. The zero-order valence-corrected chi connectivity index (χ0v) is 17.8. The summed E-state index contributed by atoms with van der Waals surface area (Å²) < 4.78 is 7.74.